The summed E-state index contributed by atoms with van der Waals surface area (Å²) in [6.07, 6.45) is 0.0854. The van der Waals surface area contributed by atoms with E-state index in [4.69, 9.17) is 16.0 Å². The van der Waals surface area contributed by atoms with Gasteiger partial charge in [0.1, 0.15) is 0 Å². The van der Waals surface area contributed by atoms with Crippen LogP contribution in [0.4, 0.5) is 0 Å². The average Bonchev–Trinajstić information content (AvgIpc) is 2.44. The lowest BCUT2D eigenvalue weighted by Crippen LogP contribution is -2.40. The maximum Gasteiger partial charge on any atom is 0.243 e. The minimum atomic E-state index is -0.552. The summed E-state index contributed by atoms with van der Waals surface area (Å²) in [6, 6.07) is 0. The standard InChI is InChI=1S/C8H16N2O3.C4H6.H2N2O3/c1-8(2,3)9-6(11)4-5-7(12)10-13;1-3-4-2;1-2-4-5-3/h13H,4-5H2,1-3H3,(H,9,11)(H,10,12);1-2H3;1,3H. The zero-order chi connectivity index (χ0) is 18.0. The molecule has 2 amide bonds. The summed E-state index contributed by atoms with van der Waals surface area (Å²) in [7, 11) is 0. The van der Waals surface area contributed by atoms with Crippen LogP contribution < -0.4 is 10.8 Å². The zero-order valence-corrected chi connectivity index (χ0v) is 13.4. The molecular weight excluding hydrogens is 296 g/mol. The predicted octanol–water partition coefficient (Wildman–Crippen LogP) is 1.57. The summed E-state index contributed by atoms with van der Waals surface area (Å²) in [5, 5.41) is 22.9. The zero-order valence-electron chi connectivity index (χ0n) is 13.4. The first-order chi connectivity index (χ1) is 10.2. The van der Waals surface area contributed by atoms with Crippen LogP contribution in [-0.2, 0) is 19.6 Å². The van der Waals surface area contributed by atoms with Gasteiger partial charge < -0.3 is 5.32 Å². The Morgan fingerprint density at radius 2 is 1.64 bits per heavy atom. The van der Waals surface area contributed by atoms with Gasteiger partial charge in [0.2, 0.25) is 11.8 Å². The van der Waals surface area contributed by atoms with Crippen LogP contribution in [0.1, 0.15) is 47.5 Å². The molecule has 10 heteroatoms. The topological polar surface area (TPSA) is 153 Å². The smallest absolute Gasteiger partial charge is 0.243 e. The third-order valence-electron chi connectivity index (χ3n) is 1.54. The maximum absolute atomic E-state index is 11.1. The second-order valence-electron chi connectivity index (χ2n) is 4.57. The van der Waals surface area contributed by atoms with E-state index in [-0.39, 0.29) is 24.3 Å². The fourth-order valence-electron chi connectivity index (χ4n) is 0.780. The molecule has 0 spiro atoms. The monoisotopic (exact) mass is 320 g/mol. The van der Waals surface area contributed by atoms with Crippen molar-refractivity contribution in [2.75, 3.05) is 0 Å². The van der Waals surface area contributed by atoms with E-state index >= 15 is 0 Å². The van der Waals surface area contributed by atoms with Crippen molar-refractivity contribution >= 4 is 11.8 Å². The third kappa shape index (κ3) is 30.7. The van der Waals surface area contributed by atoms with Crippen molar-refractivity contribution in [3.63, 3.8) is 0 Å². The molecule has 0 heterocycles. The number of hydroxylamine groups is 1. The van der Waals surface area contributed by atoms with E-state index in [2.05, 4.69) is 32.5 Å². The summed E-state index contributed by atoms with van der Waals surface area (Å²) in [5.41, 5.74) is 6.90. The summed E-state index contributed by atoms with van der Waals surface area (Å²) >= 11 is 0. The van der Waals surface area contributed by atoms with E-state index in [1.54, 1.807) is 0 Å². The Morgan fingerprint density at radius 1 is 1.18 bits per heavy atom. The van der Waals surface area contributed by atoms with E-state index in [0.717, 1.165) is 0 Å². The normalized spacial score (nSPS) is 8.50. The highest BCUT2D eigenvalue weighted by molar-refractivity contribution is 5.83. The van der Waals surface area contributed by atoms with Crippen LogP contribution >= 0.6 is 0 Å². The molecule has 0 saturated carbocycles. The lowest BCUT2D eigenvalue weighted by molar-refractivity contribution is -0.496. The van der Waals surface area contributed by atoms with Crippen LogP contribution in [0.15, 0.2) is 5.28 Å². The minimum absolute atomic E-state index is 0.00157. The van der Waals surface area contributed by atoms with Crippen LogP contribution in [0.5, 0.6) is 0 Å². The van der Waals surface area contributed by atoms with Gasteiger partial charge in [0.25, 0.3) is 0 Å². The molecule has 0 aromatic heterocycles. The molecule has 0 bridgehead atoms. The molecule has 0 aliphatic rings. The highest BCUT2D eigenvalue weighted by Crippen LogP contribution is 2.00. The molecule has 0 aliphatic heterocycles. The first kappa shape index (κ1) is 24.8. The van der Waals surface area contributed by atoms with Gasteiger partial charge in [-0.25, -0.2) is 10.7 Å². The van der Waals surface area contributed by atoms with Gasteiger partial charge in [0, 0.05) is 23.4 Å². The maximum atomic E-state index is 11.1. The van der Waals surface area contributed by atoms with Gasteiger partial charge in [-0.2, -0.15) is 10.5 Å². The number of hydrogen-bond donors (Lipinski definition) is 5. The van der Waals surface area contributed by atoms with Crippen LogP contribution in [0.2, 0.25) is 0 Å². The average molecular weight is 320 g/mol. The van der Waals surface area contributed by atoms with Crippen LogP contribution in [0.3, 0.4) is 0 Å². The molecule has 5 N–H and O–H groups in total. The Labute approximate surface area is 129 Å². The Kier molecular flexibility index (Phi) is 19.0. The van der Waals surface area contributed by atoms with Crippen LogP contribution in [0.25, 0.3) is 0 Å². The van der Waals surface area contributed by atoms with Gasteiger partial charge in [0.05, 0.1) is 5.28 Å². The van der Waals surface area contributed by atoms with E-state index in [1.165, 1.54) is 5.48 Å². The predicted molar refractivity (Wildman–Crippen MR) is 76.1 cm³/mol. The molecule has 0 aromatic carbocycles. The van der Waals surface area contributed by atoms with Crippen molar-refractivity contribution in [1.29, 1.82) is 5.53 Å². The second-order valence-corrected chi connectivity index (χ2v) is 4.57. The number of nitrogens with zero attached hydrogens (tertiary/aromatic N) is 1. The molecule has 0 aromatic rings. The number of rotatable bonds is 5. The first-order valence-electron chi connectivity index (χ1n) is 6.09. The molecule has 0 atom stereocenters. The number of nitrogens with one attached hydrogen (secondary N) is 3. The quantitative estimate of drug-likeness (QED) is 0.170. The van der Waals surface area contributed by atoms with Gasteiger partial charge in [0.15, 0.2) is 0 Å². The van der Waals surface area contributed by atoms with E-state index in [1.807, 2.05) is 34.6 Å². The van der Waals surface area contributed by atoms with Crippen molar-refractivity contribution in [3.8, 4) is 11.8 Å². The summed E-state index contributed by atoms with van der Waals surface area (Å²) in [4.78, 5) is 24.8. The van der Waals surface area contributed by atoms with Crippen molar-refractivity contribution in [1.82, 2.24) is 10.8 Å². The number of hydrogen-bond acceptors (Lipinski definition) is 8. The van der Waals surface area contributed by atoms with Crippen LogP contribution in [0, 0.1) is 17.4 Å². The lowest BCUT2D eigenvalue weighted by Gasteiger charge is -2.20. The highest BCUT2D eigenvalue weighted by atomic mass is 17.5. The molecule has 0 radical (unpaired) electrons. The van der Waals surface area contributed by atoms with Crippen molar-refractivity contribution in [2.45, 2.75) is 53.0 Å². The molecule has 0 fully saturated rings. The number of carbonyl (C=O) groups is 2. The van der Waals surface area contributed by atoms with E-state index in [0.29, 0.717) is 0 Å². The number of amides is 2. The Bertz CT molecular complexity index is 364. The molecular formula is C12H24N4O6. The third-order valence-corrected chi connectivity index (χ3v) is 1.54. The van der Waals surface area contributed by atoms with Gasteiger partial charge >= 0.3 is 0 Å². The SMILES string of the molecule is CC#CC.CC(C)(C)NC(=O)CCC(=O)NO.N=NOOO. The molecule has 0 rings (SSSR count). The van der Waals surface area contributed by atoms with E-state index < -0.39 is 5.91 Å². The fourth-order valence-corrected chi connectivity index (χ4v) is 0.780. The molecule has 22 heavy (non-hydrogen) atoms. The second kappa shape index (κ2) is 16.8. The molecule has 0 unspecified atom stereocenters. The van der Waals surface area contributed by atoms with Crippen molar-refractivity contribution in [3.05, 3.63) is 0 Å². The summed E-state index contributed by atoms with van der Waals surface area (Å²) in [6.45, 7) is 9.21. The lowest BCUT2D eigenvalue weighted by atomic mass is 10.1. The molecule has 128 valence electrons. The summed E-state index contributed by atoms with van der Waals surface area (Å²) < 4.78 is 0. The van der Waals surface area contributed by atoms with E-state index in [9.17, 15) is 9.59 Å². The van der Waals surface area contributed by atoms with Gasteiger partial charge in [-0.3, -0.25) is 14.8 Å². The Morgan fingerprint density at radius 3 is 1.86 bits per heavy atom. The fraction of sp³-hybridized carbons (Fsp3) is 0.667. The van der Waals surface area contributed by atoms with Crippen molar-refractivity contribution < 1.29 is 30.1 Å². The van der Waals surface area contributed by atoms with Gasteiger partial charge in [-0.05, 0) is 34.6 Å². The Balaban J connectivity index is -0.000000330. The van der Waals surface area contributed by atoms with Gasteiger partial charge in [-0.1, -0.05) is 0 Å². The molecule has 0 saturated heterocycles. The van der Waals surface area contributed by atoms with Crippen LogP contribution in [-0.4, -0.2) is 27.8 Å². The highest BCUT2D eigenvalue weighted by Gasteiger charge is 2.14. The summed E-state index contributed by atoms with van der Waals surface area (Å²) in [5.74, 6) is 4.61. The number of carbonyl (C=O) groups excluding carboxylic acids is 2. The molecule has 10 nitrogen and oxygen atoms in total. The van der Waals surface area contributed by atoms with Crippen molar-refractivity contribution in [2.24, 2.45) is 5.28 Å². The first-order valence-corrected chi connectivity index (χ1v) is 6.09. The van der Waals surface area contributed by atoms with Gasteiger partial charge in [-0.15, -0.1) is 11.8 Å². The molecule has 0 aliphatic carbocycles. The largest absolute Gasteiger partial charge is 0.351 e. The Hall–Kier alpha value is -2.22. The minimum Gasteiger partial charge on any atom is -0.351 e.